The number of nitrogens with one attached hydrogen (secondary N) is 2. The average Bonchev–Trinajstić information content (AvgIpc) is 3.23. The van der Waals surface area contributed by atoms with E-state index in [1.54, 1.807) is 6.20 Å². The average molecular weight is 342 g/mol. The second kappa shape index (κ2) is 7.70. The Hall–Kier alpha value is -2.34. The number of ether oxygens (including phenoxy) is 1. The number of aromatic nitrogens is 2. The lowest BCUT2D eigenvalue weighted by Crippen LogP contribution is -2.31. The third kappa shape index (κ3) is 4.60. The van der Waals surface area contributed by atoms with Crippen LogP contribution in [0.1, 0.15) is 30.9 Å². The highest BCUT2D eigenvalue weighted by Crippen LogP contribution is 2.17. The molecule has 2 N–H and O–H groups in total. The van der Waals surface area contributed by atoms with Crippen LogP contribution in [-0.4, -0.2) is 34.4 Å². The van der Waals surface area contributed by atoms with Crippen LogP contribution in [0, 0.1) is 13.8 Å². The van der Waals surface area contributed by atoms with Gasteiger partial charge in [-0.15, -0.1) is 0 Å². The molecule has 6 nitrogen and oxygen atoms in total. The Morgan fingerprint density at radius 2 is 2.20 bits per heavy atom. The third-order valence-corrected chi connectivity index (χ3v) is 4.60. The summed E-state index contributed by atoms with van der Waals surface area (Å²) < 4.78 is 7.49. The number of carbonyl (C=O) groups excluding carboxylic acids is 1. The zero-order chi connectivity index (χ0) is 17.8. The largest absolute Gasteiger partial charge is 0.376 e. The molecule has 0 spiro atoms. The summed E-state index contributed by atoms with van der Waals surface area (Å²) in [6.45, 7) is 7.53. The highest BCUT2D eigenvalue weighted by Gasteiger charge is 2.17. The molecule has 6 heteroatoms. The van der Waals surface area contributed by atoms with E-state index >= 15 is 0 Å². The zero-order valence-electron chi connectivity index (χ0n) is 15.1. The normalized spacial score (nSPS) is 18.1. The topological polar surface area (TPSA) is 68.2 Å². The maximum absolute atomic E-state index is 12.4. The fourth-order valence-electron chi connectivity index (χ4n) is 2.92. The summed E-state index contributed by atoms with van der Waals surface area (Å²) in [7, 11) is 0. The van der Waals surface area contributed by atoms with Crippen LogP contribution in [0.4, 0.5) is 11.4 Å². The molecular weight excluding hydrogens is 316 g/mol. The summed E-state index contributed by atoms with van der Waals surface area (Å²) in [4.78, 5) is 12.4. The van der Waals surface area contributed by atoms with Crippen LogP contribution in [-0.2, 0) is 16.1 Å². The molecule has 2 atom stereocenters. The van der Waals surface area contributed by atoms with Crippen molar-refractivity contribution in [1.82, 2.24) is 9.78 Å². The van der Waals surface area contributed by atoms with E-state index in [1.165, 1.54) is 5.56 Å². The lowest BCUT2D eigenvalue weighted by Gasteiger charge is -2.14. The van der Waals surface area contributed by atoms with Gasteiger partial charge in [0.25, 0.3) is 0 Å². The first-order valence-electron chi connectivity index (χ1n) is 8.80. The highest BCUT2D eigenvalue weighted by atomic mass is 16.5. The van der Waals surface area contributed by atoms with Crippen molar-refractivity contribution >= 4 is 17.3 Å². The summed E-state index contributed by atoms with van der Waals surface area (Å²) in [5.74, 6) is -0.0740. The van der Waals surface area contributed by atoms with E-state index in [0.29, 0.717) is 0 Å². The molecule has 1 aromatic heterocycles. The SMILES string of the molecule is Cc1ccc(NC(=O)C(C)Nc2cnn(CC3CCCO3)c2)cc1C. The standard InChI is InChI=1S/C19H26N4O2/c1-13-6-7-16(9-14(13)2)22-19(24)15(3)21-17-10-20-23(11-17)12-18-5-4-8-25-18/h6-7,9-11,15,18,21H,4-5,8,12H2,1-3H3,(H,22,24). The van der Waals surface area contributed by atoms with Crippen LogP contribution in [0.15, 0.2) is 30.6 Å². The van der Waals surface area contributed by atoms with E-state index in [4.69, 9.17) is 4.74 Å². The molecule has 0 aliphatic carbocycles. The molecule has 1 amide bonds. The van der Waals surface area contributed by atoms with Crippen LogP contribution in [0.2, 0.25) is 0 Å². The minimum atomic E-state index is -0.359. The third-order valence-electron chi connectivity index (χ3n) is 4.60. The van der Waals surface area contributed by atoms with Gasteiger partial charge in [-0.2, -0.15) is 5.10 Å². The van der Waals surface area contributed by atoms with Gasteiger partial charge < -0.3 is 15.4 Å². The minimum absolute atomic E-state index is 0.0740. The number of hydrogen-bond acceptors (Lipinski definition) is 4. The molecule has 2 heterocycles. The number of carbonyl (C=O) groups is 1. The zero-order valence-corrected chi connectivity index (χ0v) is 15.1. The fourth-order valence-corrected chi connectivity index (χ4v) is 2.92. The van der Waals surface area contributed by atoms with Crippen molar-refractivity contribution in [1.29, 1.82) is 0 Å². The Labute approximate surface area is 148 Å². The molecule has 2 aromatic rings. The molecule has 1 saturated heterocycles. The van der Waals surface area contributed by atoms with Gasteiger partial charge in [0.05, 0.1) is 24.5 Å². The molecule has 1 aromatic carbocycles. The summed E-state index contributed by atoms with van der Waals surface area (Å²) in [6.07, 6.45) is 6.11. The van der Waals surface area contributed by atoms with Crippen molar-refractivity contribution in [2.45, 2.75) is 52.3 Å². The van der Waals surface area contributed by atoms with Gasteiger partial charge in [-0.05, 0) is 56.9 Å². The van der Waals surface area contributed by atoms with E-state index in [9.17, 15) is 4.79 Å². The van der Waals surface area contributed by atoms with Gasteiger partial charge in [-0.25, -0.2) is 0 Å². The lowest BCUT2D eigenvalue weighted by molar-refractivity contribution is -0.116. The van der Waals surface area contributed by atoms with Gasteiger partial charge >= 0.3 is 0 Å². The monoisotopic (exact) mass is 342 g/mol. The second-order valence-electron chi connectivity index (χ2n) is 6.74. The Bertz CT molecular complexity index is 735. The number of rotatable bonds is 6. The molecule has 0 radical (unpaired) electrons. The number of nitrogens with zero attached hydrogens (tertiary/aromatic N) is 2. The summed E-state index contributed by atoms with van der Waals surface area (Å²) in [6, 6.07) is 5.56. The predicted molar refractivity (Wildman–Crippen MR) is 98.8 cm³/mol. The number of benzene rings is 1. The molecule has 1 aliphatic heterocycles. The first-order valence-corrected chi connectivity index (χ1v) is 8.80. The first kappa shape index (κ1) is 17.5. The van der Waals surface area contributed by atoms with E-state index in [-0.39, 0.29) is 18.1 Å². The summed E-state index contributed by atoms with van der Waals surface area (Å²) in [5, 5.41) is 10.5. The van der Waals surface area contributed by atoms with E-state index in [2.05, 4.69) is 22.7 Å². The van der Waals surface area contributed by atoms with Gasteiger partial charge in [0, 0.05) is 18.5 Å². The second-order valence-corrected chi connectivity index (χ2v) is 6.74. The maximum Gasteiger partial charge on any atom is 0.246 e. The fraction of sp³-hybridized carbons (Fsp3) is 0.474. The van der Waals surface area contributed by atoms with Gasteiger partial charge in [-0.3, -0.25) is 9.48 Å². The van der Waals surface area contributed by atoms with Crippen molar-refractivity contribution in [3.63, 3.8) is 0 Å². The van der Waals surface area contributed by atoms with Crippen molar-refractivity contribution < 1.29 is 9.53 Å². The van der Waals surface area contributed by atoms with Crippen LogP contribution in [0.3, 0.4) is 0 Å². The van der Waals surface area contributed by atoms with Crippen LogP contribution >= 0.6 is 0 Å². The maximum atomic E-state index is 12.4. The Morgan fingerprint density at radius 3 is 2.92 bits per heavy atom. The molecule has 1 aliphatic rings. The van der Waals surface area contributed by atoms with Gasteiger partial charge in [0.1, 0.15) is 6.04 Å². The van der Waals surface area contributed by atoms with E-state index in [0.717, 1.165) is 42.9 Å². The summed E-state index contributed by atoms with van der Waals surface area (Å²) >= 11 is 0. The number of hydrogen-bond donors (Lipinski definition) is 2. The van der Waals surface area contributed by atoms with E-state index < -0.39 is 0 Å². The highest BCUT2D eigenvalue weighted by molar-refractivity contribution is 5.96. The molecule has 134 valence electrons. The molecular formula is C19H26N4O2. The molecule has 2 unspecified atom stereocenters. The lowest BCUT2D eigenvalue weighted by atomic mass is 10.1. The van der Waals surface area contributed by atoms with Crippen LogP contribution in [0.25, 0.3) is 0 Å². The molecule has 25 heavy (non-hydrogen) atoms. The Morgan fingerprint density at radius 1 is 1.36 bits per heavy atom. The van der Waals surface area contributed by atoms with Crippen molar-refractivity contribution in [3.05, 3.63) is 41.7 Å². The van der Waals surface area contributed by atoms with Gasteiger partial charge in [0.2, 0.25) is 5.91 Å². The summed E-state index contributed by atoms with van der Waals surface area (Å²) in [5.41, 5.74) is 4.02. The molecule has 0 saturated carbocycles. The van der Waals surface area contributed by atoms with Crippen molar-refractivity contribution in [2.24, 2.45) is 0 Å². The number of amides is 1. The minimum Gasteiger partial charge on any atom is -0.376 e. The van der Waals surface area contributed by atoms with E-state index in [1.807, 2.05) is 42.9 Å². The quantitative estimate of drug-likeness (QED) is 0.846. The molecule has 1 fully saturated rings. The number of aryl methyl sites for hydroxylation is 2. The number of anilines is 2. The van der Waals surface area contributed by atoms with Crippen LogP contribution in [0.5, 0.6) is 0 Å². The van der Waals surface area contributed by atoms with Crippen molar-refractivity contribution in [3.8, 4) is 0 Å². The van der Waals surface area contributed by atoms with Gasteiger partial charge in [-0.1, -0.05) is 6.07 Å². The Balaban J connectivity index is 1.54. The predicted octanol–water partition coefficient (Wildman–Crippen LogP) is 3.12. The molecule has 0 bridgehead atoms. The smallest absolute Gasteiger partial charge is 0.246 e. The van der Waals surface area contributed by atoms with Crippen LogP contribution < -0.4 is 10.6 Å². The first-order chi connectivity index (χ1) is 12.0. The van der Waals surface area contributed by atoms with Gasteiger partial charge in [0.15, 0.2) is 0 Å². The van der Waals surface area contributed by atoms with Crippen molar-refractivity contribution in [2.75, 3.05) is 17.2 Å². The Kier molecular flexibility index (Phi) is 5.38. The molecule has 3 rings (SSSR count).